The fourth-order valence-electron chi connectivity index (χ4n) is 4.29. The largest absolute Gasteiger partial charge is 0.356 e. The number of para-hydroxylation sites is 1. The average Bonchev–Trinajstić information content (AvgIpc) is 3.08. The molecule has 1 aliphatic rings. The SMILES string of the molecule is CCCCCNC(=O)C1CCN(C(=O)/C=C/c2cc(C)n(-c3ccccc3)c2C)CC1. The van der Waals surface area contributed by atoms with Crippen LogP contribution in [0.25, 0.3) is 11.8 Å². The van der Waals surface area contributed by atoms with E-state index in [1.54, 1.807) is 6.08 Å². The lowest BCUT2D eigenvalue weighted by molar-refractivity contribution is -0.132. The van der Waals surface area contributed by atoms with Crippen LogP contribution >= 0.6 is 0 Å². The Morgan fingerprint density at radius 3 is 2.48 bits per heavy atom. The average molecular weight is 422 g/mol. The van der Waals surface area contributed by atoms with E-state index in [1.807, 2.05) is 29.2 Å². The van der Waals surface area contributed by atoms with E-state index in [1.165, 1.54) is 0 Å². The molecule has 2 heterocycles. The second kappa shape index (κ2) is 11.0. The number of nitrogens with zero attached hydrogens (tertiary/aromatic N) is 2. The van der Waals surface area contributed by atoms with E-state index in [2.05, 4.69) is 48.9 Å². The summed E-state index contributed by atoms with van der Waals surface area (Å²) in [6, 6.07) is 12.4. The standard InChI is InChI=1S/C26H35N3O2/c1-4-5-9-16-27-26(31)22-14-17-28(18-15-22)25(30)13-12-23-19-20(2)29(21(23)3)24-10-7-6-8-11-24/h6-8,10-13,19,22H,4-5,9,14-18H2,1-3H3,(H,27,31)/b13-12+. The molecule has 3 rings (SSSR count). The van der Waals surface area contributed by atoms with Crippen LogP contribution in [0.2, 0.25) is 0 Å². The predicted octanol–water partition coefficient (Wildman–Crippen LogP) is 4.65. The van der Waals surface area contributed by atoms with Gasteiger partial charge in [-0.3, -0.25) is 9.59 Å². The van der Waals surface area contributed by atoms with Crippen LogP contribution in [0, 0.1) is 19.8 Å². The molecule has 2 amide bonds. The van der Waals surface area contributed by atoms with Crippen LogP contribution in [0.4, 0.5) is 0 Å². The van der Waals surface area contributed by atoms with Crippen molar-refractivity contribution in [3.05, 3.63) is 59.4 Å². The number of amides is 2. The quantitative estimate of drug-likeness (QED) is 0.498. The summed E-state index contributed by atoms with van der Waals surface area (Å²) in [4.78, 5) is 26.9. The fraction of sp³-hybridized carbons (Fsp3) is 0.462. The van der Waals surface area contributed by atoms with E-state index in [0.29, 0.717) is 13.1 Å². The maximum absolute atomic E-state index is 12.7. The minimum absolute atomic E-state index is 0.0197. The van der Waals surface area contributed by atoms with Gasteiger partial charge in [-0.15, -0.1) is 0 Å². The van der Waals surface area contributed by atoms with Gasteiger partial charge in [-0.2, -0.15) is 0 Å². The Bertz CT molecular complexity index is 906. The Morgan fingerprint density at radius 1 is 1.10 bits per heavy atom. The molecule has 5 nitrogen and oxygen atoms in total. The van der Waals surface area contributed by atoms with Gasteiger partial charge in [0.25, 0.3) is 0 Å². The normalized spacial score (nSPS) is 14.9. The molecule has 1 N–H and O–H groups in total. The van der Waals surface area contributed by atoms with Crippen LogP contribution in [0.1, 0.15) is 56.0 Å². The third-order valence-electron chi connectivity index (χ3n) is 6.15. The molecule has 1 aromatic heterocycles. The van der Waals surface area contributed by atoms with E-state index in [4.69, 9.17) is 0 Å². The maximum Gasteiger partial charge on any atom is 0.246 e. The Hall–Kier alpha value is -2.82. The van der Waals surface area contributed by atoms with Crippen molar-refractivity contribution in [2.24, 2.45) is 5.92 Å². The third kappa shape index (κ3) is 5.87. The van der Waals surface area contributed by atoms with Gasteiger partial charge in [0, 0.05) is 48.7 Å². The van der Waals surface area contributed by atoms with Gasteiger partial charge in [0.1, 0.15) is 0 Å². The first-order valence-corrected chi connectivity index (χ1v) is 11.5. The molecule has 1 aromatic carbocycles. The Kier molecular flexibility index (Phi) is 8.10. The van der Waals surface area contributed by atoms with Crippen LogP contribution in [0.5, 0.6) is 0 Å². The summed E-state index contributed by atoms with van der Waals surface area (Å²) in [6.07, 6.45) is 8.39. The Balaban J connectivity index is 1.54. The molecule has 0 bridgehead atoms. The van der Waals surface area contributed by atoms with Gasteiger partial charge in [0.2, 0.25) is 11.8 Å². The van der Waals surface area contributed by atoms with Crippen molar-refractivity contribution in [2.75, 3.05) is 19.6 Å². The highest BCUT2D eigenvalue weighted by molar-refractivity contribution is 5.92. The minimum Gasteiger partial charge on any atom is -0.356 e. The van der Waals surface area contributed by atoms with Gasteiger partial charge in [0.05, 0.1) is 0 Å². The van der Waals surface area contributed by atoms with E-state index < -0.39 is 0 Å². The molecule has 1 fully saturated rings. The summed E-state index contributed by atoms with van der Waals surface area (Å²) in [6.45, 7) is 8.35. The summed E-state index contributed by atoms with van der Waals surface area (Å²) in [5.74, 6) is 0.192. The summed E-state index contributed by atoms with van der Waals surface area (Å²) in [7, 11) is 0. The number of nitrogens with one attached hydrogen (secondary N) is 1. The molecule has 1 saturated heterocycles. The summed E-state index contributed by atoms with van der Waals surface area (Å²) in [5, 5.41) is 3.05. The molecule has 5 heteroatoms. The second-order valence-electron chi connectivity index (χ2n) is 8.43. The third-order valence-corrected chi connectivity index (χ3v) is 6.15. The van der Waals surface area contributed by atoms with Gasteiger partial charge in [0.15, 0.2) is 0 Å². The maximum atomic E-state index is 12.7. The molecule has 166 valence electrons. The molecule has 0 saturated carbocycles. The lowest BCUT2D eigenvalue weighted by Crippen LogP contribution is -2.42. The van der Waals surface area contributed by atoms with Crippen molar-refractivity contribution < 1.29 is 9.59 Å². The molecular formula is C26H35N3O2. The van der Waals surface area contributed by atoms with Crippen molar-refractivity contribution in [3.8, 4) is 5.69 Å². The van der Waals surface area contributed by atoms with Crippen molar-refractivity contribution in [1.29, 1.82) is 0 Å². The number of unbranched alkanes of at least 4 members (excludes halogenated alkanes) is 2. The van der Waals surface area contributed by atoms with E-state index in [0.717, 1.165) is 61.3 Å². The van der Waals surface area contributed by atoms with Gasteiger partial charge in [-0.1, -0.05) is 38.0 Å². The van der Waals surface area contributed by atoms with E-state index in [9.17, 15) is 9.59 Å². The number of carbonyl (C=O) groups is 2. The topological polar surface area (TPSA) is 54.3 Å². The molecule has 0 spiro atoms. The molecule has 0 unspecified atom stereocenters. The van der Waals surface area contributed by atoms with Crippen LogP contribution in [0.15, 0.2) is 42.5 Å². The lowest BCUT2D eigenvalue weighted by Gasteiger charge is -2.30. The zero-order valence-corrected chi connectivity index (χ0v) is 19.1. The van der Waals surface area contributed by atoms with E-state index in [-0.39, 0.29) is 17.7 Å². The van der Waals surface area contributed by atoms with Gasteiger partial charge in [-0.25, -0.2) is 0 Å². The van der Waals surface area contributed by atoms with Crippen LogP contribution in [-0.2, 0) is 9.59 Å². The summed E-state index contributed by atoms with van der Waals surface area (Å²) in [5.41, 5.74) is 4.43. The second-order valence-corrected chi connectivity index (χ2v) is 8.43. The van der Waals surface area contributed by atoms with Crippen LogP contribution in [0.3, 0.4) is 0 Å². The molecular weight excluding hydrogens is 386 g/mol. The van der Waals surface area contributed by atoms with Crippen molar-refractivity contribution >= 4 is 17.9 Å². The number of aryl methyl sites for hydroxylation is 1. The minimum atomic E-state index is 0.0197. The van der Waals surface area contributed by atoms with Gasteiger partial charge < -0.3 is 14.8 Å². The number of hydrogen-bond acceptors (Lipinski definition) is 2. The molecule has 0 atom stereocenters. The highest BCUT2D eigenvalue weighted by Crippen LogP contribution is 2.22. The number of hydrogen-bond donors (Lipinski definition) is 1. The first-order chi connectivity index (χ1) is 15.0. The lowest BCUT2D eigenvalue weighted by atomic mass is 9.95. The van der Waals surface area contributed by atoms with Gasteiger partial charge in [-0.05, 0) is 62.9 Å². The predicted molar refractivity (Wildman–Crippen MR) is 126 cm³/mol. The smallest absolute Gasteiger partial charge is 0.246 e. The highest BCUT2D eigenvalue weighted by Gasteiger charge is 2.26. The summed E-state index contributed by atoms with van der Waals surface area (Å²) < 4.78 is 2.20. The Labute approximate surface area is 186 Å². The number of carbonyl (C=O) groups excluding carboxylic acids is 2. The molecule has 2 aromatic rings. The zero-order valence-electron chi connectivity index (χ0n) is 19.1. The van der Waals surface area contributed by atoms with Crippen molar-refractivity contribution in [1.82, 2.24) is 14.8 Å². The number of likely N-dealkylation sites (tertiary alicyclic amines) is 1. The number of aromatic nitrogens is 1. The summed E-state index contributed by atoms with van der Waals surface area (Å²) >= 11 is 0. The highest BCUT2D eigenvalue weighted by atomic mass is 16.2. The molecule has 31 heavy (non-hydrogen) atoms. The monoisotopic (exact) mass is 421 g/mol. The Morgan fingerprint density at radius 2 is 1.81 bits per heavy atom. The number of rotatable bonds is 8. The van der Waals surface area contributed by atoms with E-state index >= 15 is 0 Å². The van der Waals surface area contributed by atoms with Gasteiger partial charge >= 0.3 is 0 Å². The van der Waals surface area contributed by atoms with Crippen molar-refractivity contribution in [2.45, 2.75) is 52.9 Å². The van der Waals surface area contributed by atoms with Crippen LogP contribution in [-0.4, -0.2) is 40.9 Å². The first-order valence-electron chi connectivity index (χ1n) is 11.5. The molecule has 0 radical (unpaired) electrons. The fourth-order valence-corrected chi connectivity index (χ4v) is 4.29. The molecule has 1 aliphatic heterocycles. The molecule has 0 aliphatic carbocycles. The number of piperidine rings is 1. The first kappa shape index (κ1) is 22.9. The van der Waals surface area contributed by atoms with Crippen molar-refractivity contribution in [3.63, 3.8) is 0 Å². The van der Waals surface area contributed by atoms with Crippen LogP contribution < -0.4 is 5.32 Å². The zero-order chi connectivity index (χ0) is 22.2. The number of benzene rings is 1.